The third-order valence-corrected chi connectivity index (χ3v) is 19.8. The van der Waals surface area contributed by atoms with Gasteiger partial charge in [0.2, 0.25) is 0 Å². The van der Waals surface area contributed by atoms with E-state index in [0.29, 0.717) is 23.9 Å². The Morgan fingerprint density at radius 3 is 0.825 bits per heavy atom. The standard InChI is InChI=1S/C94H169NO8/c1-6-8-10-12-14-16-18-20-22-24-26-28-30-32-34-36-38-40-42-44-45-46-47-49-50-52-54-56-58-60-62-64-66-68-70-72-74-76-78-80-82-84-91(96)101-88-90(89-102-94(93(98)99)100-87-86-95(3,4)5)103-92(97)85-83-81-79-77-75-73-71-69-67-65-63-61-59-57-55-53-51-48-43-41-39-37-35-33-31-29-27-25-23-21-19-17-15-13-11-9-7-2/h9,11,15,17,21,23,27,29,33,35,39,41,48,51,55,57,90,94H,6-8,10,12-14,16,18-20,22,24-26,28,30-32,34,36-38,40,42-47,49-50,52-54,56,58-89H2,1-5H3/b11-9-,17-15-,23-21-,29-27-,35-33-,41-39-,51-48-,57-55-. The molecule has 0 amide bonds. The van der Waals surface area contributed by atoms with Gasteiger partial charge in [-0.1, -0.05) is 432 Å². The van der Waals surface area contributed by atoms with E-state index >= 15 is 0 Å². The van der Waals surface area contributed by atoms with Crippen LogP contribution in [0.15, 0.2) is 97.2 Å². The van der Waals surface area contributed by atoms with Crippen LogP contribution in [0.5, 0.6) is 0 Å². The smallest absolute Gasteiger partial charge is 0.306 e. The zero-order valence-electron chi connectivity index (χ0n) is 68.7. The summed E-state index contributed by atoms with van der Waals surface area (Å²) in [6.07, 6.45) is 114. The second-order valence-electron chi connectivity index (χ2n) is 31.2. The highest BCUT2D eigenvalue weighted by Crippen LogP contribution is 2.20. The third-order valence-electron chi connectivity index (χ3n) is 19.8. The molecule has 0 aromatic heterocycles. The summed E-state index contributed by atoms with van der Waals surface area (Å²) in [4.78, 5) is 37.7. The molecule has 2 atom stereocenters. The zero-order chi connectivity index (χ0) is 74.6. The summed E-state index contributed by atoms with van der Waals surface area (Å²) in [7, 11) is 5.95. The minimum Gasteiger partial charge on any atom is -0.545 e. The van der Waals surface area contributed by atoms with E-state index in [1.165, 1.54) is 302 Å². The minimum absolute atomic E-state index is 0.146. The predicted molar refractivity (Wildman–Crippen MR) is 444 cm³/mol. The predicted octanol–water partition coefficient (Wildman–Crippen LogP) is 27.7. The van der Waals surface area contributed by atoms with Gasteiger partial charge in [-0.3, -0.25) is 9.59 Å². The maximum absolute atomic E-state index is 13.0. The molecule has 0 bridgehead atoms. The average Bonchev–Trinajstić information content (AvgIpc) is 1.16. The van der Waals surface area contributed by atoms with E-state index in [1.54, 1.807) is 0 Å². The molecule has 0 aliphatic rings. The van der Waals surface area contributed by atoms with E-state index in [-0.39, 0.29) is 32.2 Å². The number of quaternary nitrogens is 1. The maximum Gasteiger partial charge on any atom is 0.306 e. The molecule has 0 saturated carbocycles. The molecule has 0 spiro atoms. The Hall–Kier alpha value is -3.79. The van der Waals surface area contributed by atoms with Gasteiger partial charge in [-0.05, 0) is 77.0 Å². The number of hydrogen-bond donors (Lipinski definition) is 0. The van der Waals surface area contributed by atoms with Crippen LogP contribution in [-0.4, -0.2) is 82.3 Å². The lowest BCUT2D eigenvalue weighted by Gasteiger charge is -2.26. The van der Waals surface area contributed by atoms with Crippen molar-refractivity contribution in [2.45, 2.75) is 437 Å². The van der Waals surface area contributed by atoms with E-state index in [4.69, 9.17) is 18.9 Å². The molecule has 0 heterocycles. The fourth-order valence-corrected chi connectivity index (χ4v) is 13.1. The number of rotatable bonds is 83. The molecule has 0 aliphatic carbocycles. The van der Waals surface area contributed by atoms with Gasteiger partial charge in [-0.2, -0.15) is 0 Å². The van der Waals surface area contributed by atoms with Gasteiger partial charge in [0, 0.05) is 12.8 Å². The van der Waals surface area contributed by atoms with Crippen LogP contribution in [0.2, 0.25) is 0 Å². The highest BCUT2D eigenvalue weighted by Gasteiger charge is 2.22. The summed E-state index contributed by atoms with van der Waals surface area (Å²) in [5, 5.41) is 11.9. The molecule has 0 rings (SSSR count). The summed E-state index contributed by atoms with van der Waals surface area (Å²) >= 11 is 0. The third kappa shape index (κ3) is 85.3. The summed E-state index contributed by atoms with van der Waals surface area (Å²) < 4.78 is 22.9. The molecule has 0 radical (unpaired) electrons. The van der Waals surface area contributed by atoms with Gasteiger partial charge >= 0.3 is 11.9 Å². The summed E-state index contributed by atoms with van der Waals surface area (Å²) in [5.74, 6) is -2.27. The molecule has 2 unspecified atom stereocenters. The molecule has 0 aromatic carbocycles. The average molecular weight is 1440 g/mol. The first-order chi connectivity index (χ1) is 50.6. The van der Waals surface area contributed by atoms with Gasteiger partial charge in [0.15, 0.2) is 12.4 Å². The SMILES string of the molecule is CC/C=C\C/C=C\C/C=C\C/C=C\C/C=C\C/C=C\C/C=C\C/C=C\CCCCCCCCCCCCCCC(=O)OC(COC(=O)CCCCCCCCCCCCCCCCCCCCCCCCCCCCCCCCCCCCCCCCCCC)COC(OCC[N+](C)(C)C)C(=O)[O-]. The lowest BCUT2D eigenvalue weighted by Crippen LogP contribution is -2.44. The Morgan fingerprint density at radius 2 is 0.553 bits per heavy atom. The van der Waals surface area contributed by atoms with Crippen LogP contribution in [0.3, 0.4) is 0 Å². The molecule has 9 heteroatoms. The summed E-state index contributed by atoms with van der Waals surface area (Å²) in [5.41, 5.74) is 0. The van der Waals surface area contributed by atoms with Gasteiger partial charge in [-0.25, -0.2) is 0 Å². The second kappa shape index (κ2) is 83.8. The monoisotopic (exact) mass is 1440 g/mol. The first-order valence-corrected chi connectivity index (χ1v) is 44.4. The van der Waals surface area contributed by atoms with E-state index in [9.17, 15) is 19.5 Å². The van der Waals surface area contributed by atoms with Gasteiger partial charge in [0.1, 0.15) is 13.2 Å². The van der Waals surface area contributed by atoms with E-state index in [1.807, 2.05) is 21.1 Å². The van der Waals surface area contributed by atoms with E-state index in [0.717, 1.165) is 89.9 Å². The number of esters is 2. The normalized spacial score (nSPS) is 13.1. The van der Waals surface area contributed by atoms with Crippen LogP contribution in [0.4, 0.5) is 0 Å². The Morgan fingerprint density at radius 1 is 0.301 bits per heavy atom. The van der Waals surface area contributed by atoms with Gasteiger partial charge < -0.3 is 33.3 Å². The molecular weight excluding hydrogens is 1270 g/mol. The van der Waals surface area contributed by atoms with Crippen LogP contribution in [0.25, 0.3) is 0 Å². The Kier molecular flexibility index (Phi) is 80.8. The van der Waals surface area contributed by atoms with Crippen LogP contribution < -0.4 is 5.11 Å². The van der Waals surface area contributed by atoms with Crippen molar-refractivity contribution in [1.29, 1.82) is 0 Å². The molecule has 103 heavy (non-hydrogen) atoms. The Bertz CT molecular complexity index is 2030. The van der Waals surface area contributed by atoms with Crippen molar-refractivity contribution in [3.8, 4) is 0 Å². The molecule has 0 aliphatic heterocycles. The number of carbonyl (C=O) groups excluding carboxylic acids is 3. The van der Waals surface area contributed by atoms with Crippen molar-refractivity contribution in [3.05, 3.63) is 97.2 Å². The van der Waals surface area contributed by atoms with Gasteiger partial charge in [0.25, 0.3) is 0 Å². The van der Waals surface area contributed by atoms with Crippen LogP contribution in [0.1, 0.15) is 425 Å². The Labute approximate surface area is 639 Å². The number of allylic oxidation sites excluding steroid dienone is 16. The number of carboxylic acid groups (broad SMARTS) is 1. The molecule has 0 fully saturated rings. The lowest BCUT2D eigenvalue weighted by atomic mass is 10.0. The van der Waals surface area contributed by atoms with Crippen molar-refractivity contribution in [1.82, 2.24) is 0 Å². The first-order valence-electron chi connectivity index (χ1n) is 44.4. The number of unbranched alkanes of at least 4 members (excludes halogenated alkanes) is 52. The highest BCUT2D eigenvalue weighted by atomic mass is 16.7. The molecule has 0 N–H and O–H groups in total. The lowest BCUT2D eigenvalue weighted by molar-refractivity contribution is -0.870. The maximum atomic E-state index is 13.0. The molecular formula is C94H169NO8. The van der Waals surface area contributed by atoms with Crippen molar-refractivity contribution in [2.24, 2.45) is 0 Å². The summed E-state index contributed by atoms with van der Waals surface area (Å²) in [6.45, 7) is 4.69. The van der Waals surface area contributed by atoms with Crippen LogP contribution >= 0.6 is 0 Å². The molecule has 598 valence electrons. The second-order valence-corrected chi connectivity index (χ2v) is 31.2. The number of nitrogens with zero attached hydrogens (tertiary/aromatic N) is 1. The fraction of sp³-hybridized carbons (Fsp3) is 0.798. The van der Waals surface area contributed by atoms with Crippen molar-refractivity contribution >= 4 is 17.9 Å². The largest absolute Gasteiger partial charge is 0.545 e. The first kappa shape index (κ1) is 99.2. The number of hydrogen-bond acceptors (Lipinski definition) is 8. The molecule has 9 nitrogen and oxygen atoms in total. The number of likely N-dealkylation sites (N-methyl/N-ethyl adjacent to an activating group) is 1. The van der Waals surface area contributed by atoms with E-state index in [2.05, 4.69) is 111 Å². The molecule has 0 aromatic rings. The van der Waals surface area contributed by atoms with Crippen molar-refractivity contribution < 1.29 is 42.9 Å². The number of aliphatic carboxylic acids is 1. The Balaban J connectivity index is 3.95. The zero-order valence-corrected chi connectivity index (χ0v) is 68.7. The van der Waals surface area contributed by atoms with Gasteiger partial charge in [-0.15, -0.1) is 0 Å². The number of carbonyl (C=O) groups is 3. The number of ether oxygens (including phenoxy) is 4. The van der Waals surface area contributed by atoms with E-state index < -0.39 is 24.3 Å². The minimum atomic E-state index is -1.63. The topological polar surface area (TPSA) is 111 Å². The van der Waals surface area contributed by atoms with Crippen LogP contribution in [-0.2, 0) is 33.3 Å². The molecule has 0 saturated heterocycles. The quantitative estimate of drug-likeness (QED) is 0.0195. The van der Waals surface area contributed by atoms with Crippen molar-refractivity contribution in [3.63, 3.8) is 0 Å². The number of carboxylic acids is 1. The summed E-state index contributed by atoms with van der Waals surface area (Å²) in [6, 6.07) is 0. The van der Waals surface area contributed by atoms with Crippen LogP contribution in [0, 0.1) is 0 Å². The van der Waals surface area contributed by atoms with Gasteiger partial charge in [0.05, 0.1) is 40.3 Å². The van der Waals surface area contributed by atoms with Crippen molar-refractivity contribution in [2.75, 3.05) is 47.5 Å². The highest BCUT2D eigenvalue weighted by molar-refractivity contribution is 5.70. The fourth-order valence-electron chi connectivity index (χ4n) is 13.1.